The first-order chi connectivity index (χ1) is 9.95. The van der Waals surface area contributed by atoms with E-state index in [1.54, 1.807) is 30.3 Å². The Labute approximate surface area is 124 Å². The van der Waals surface area contributed by atoms with E-state index in [1.165, 1.54) is 12.1 Å². The summed E-state index contributed by atoms with van der Waals surface area (Å²) in [4.78, 5) is 16.1. The Hall–Kier alpha value is -2.25. The minimum absolute atomic E-state index is 0.0289. The van der Waals surface area contributed by atoms with Crippen LogP contribution in [0.15, 0.2) is 52.2 Å². The normalized spacial score (nSPS) is 11.7. The van der Waals surface area contributed by atoms with Crippen LogP contribution in [0.3, 0.4) is 0 Å². The van der Waals surface area contributed by atoms with Gasteiger partial charge >= 0.3 is 5.69 Å². The standard InChI is InChI=1S/C13H10ClN3O3S/c14-9-6-10-11(16-13(18)15-10)7-12(9)21(19,20)17-8-4-2-1-3-5-8/h1-7,17H,(H2,15,16,18). The molecule has 3 aromatic rings. The maximum Gasteiger partial charge on any atom is 0.323 e. The average Bonchev–Trinajstić information content (AvgIpc) is 2.77. The molecule has 6 nitrogen and oxygen atoms in total. The second kappa shape index (κ2) is 4.94. The van der Waals surface area contributed by atoms with Crippen molar-refractivity contribution in [2.75, 3.05) is 4.72 Å². The van der Waals surface area contributed by atoms with Gasteiger partial charge in [-0.05, 0) is 24.3 Å². The first kappa shape index (κ1) is 13.7. The van der Waals surface area contributed by atoms with E-state index in [0.29, 0.717) is 16.7 Å². The van der Waals surface area contributed by atoms with Gasteiger partial charge in [0, 0.05) is 5.69 Å². The van der Waals surface area contributed by atoms with Crippen LogP contribution in [0.4, 0.5) is 5.69 Å². The Morgan fingerprint density at radius 3 is 2.29 bits per heavy atom. The third kappa shape index (κ3) is 2.65. The summed E-state index contributed by atoms with van der Waals surface area (Å²) in [6.45, 7) is 0. The zero-order chi connectivity index (χ0) is 15.0. The van der Waals surface area contributed by atoms with Crippen LogP contribution in [-0.4, -0.2) is 18.4 Å². The molecule has 3 N–H and O–H groups in total. The number of nitrogens with one attached hydrogen (secondary N) is 3. The van der Waals surface area contributed by atoms with Crippen molar-refractivity contribution in [1.82, 2.24) is 9.97 Å². The van der Waals surface area contributed by atoms with Gasteiger partial charge in [-0.15, -0.1) is 0 Å². The van der Waals surface area contributed by atoms with Crippen LogP contribution >= 0.6 is 11.6 Å². The van der Waals surface area contributed by atoms with Gasteiger partial charge in [0.2, 0.25) is 0 Å². The van der Waals surface area contributed by atoms with Crippen molar-refractivity contribution in [2.24, 2.45) is 0 Å². The molecular formula is C13H10ClN3O3S. The van der Waals surface area contributed by atoms with Gasteiger partial charge in [-0.3, -0.25) is 4.72 Å². The number of para-hydroxylation sites is 1. The van der Waals surface area contributed by atoms with Crippen molar-refractivity contribution in [3.8, 4) is 0 Å². The van der Waals surface area contributed by atoms with E-state index in [0.717, 1.165) is 0 Å². The topological polar surface area (TPSA) is 94.8 Å². The van der Waals surface area contributed by atoms with E-state index < -0.39 is 15.7 Å². The molecule has 0 unspecified atom stereocenters. The first-order valence-electron chi connectivity index (χ1n) is 5.95. The molecule has 0 saturated carbocycles. The van der Waals surface area contributed by atoms with Gasteiger partial charge in [-0.2, -0.15) is 0 Å². The summed E-state index contributed by atoms with van der Waals surface area (Å²) in [5, 5.41) is 0.0289. The number of hydrogen-bond donors (Lipinski definition) is 3. The molecule has 108 valence electrons. The molecule has 2 aromatic carbocycles. The highest BCUT2D eigenvalue weighted by molar-refractivity contribution is 7.92. The molecule has 0 radical (unpaired) electrons. The summed E-state index contributed by atoms with van der Waals surface area (Å²) in [5.41, 5.74) is 0.823. The van der Waals surface area contributed by atoms with Crippen molar-refractivity contribution in [3.63, 3.8) is 0 Å². The lowest BCUT2D eigenvalue weighted by Gasteiger charge is -2.09. The predicted molar refractivity (Wildman–Crippen MR) is 81.2 cm³/mol. The van der Waals surface area contributed by atoms with E-state index in [1.807, 2.05) is 0 Å². The molecule has 1 heterocycles. The Morgan fingerprint density at radius 2 is 1.62 bits per heavy atom. The summed E-state index contributed by atoms with van der Waals surface area (Å²) in [6, 6.07) is 11.2. The van der Waals surface area contributed by atoms with Crippen LogP contribution in [-0.2, 0) is 10.0 Å². The quantitative estimate of drug-likeness (QED) is 0.690. The molecule has 0 bridgehead atoms. The molecule has 3 rings (SSSR count). The number of rotatable bonds is 3. The molecule has 0 aliphatic carbocycles. The fourth-order valence-electron chi connectivity index (χ4n) is 1.96. The molecular weight excluding hydrogens is 314 g/mol. The number of benzene rings is 2. The lowest BCUT2D eigenvalue weighted by atomic mass is 10.3. The van der Waals surface area contributed by atoms with Gasteiger partial charge in [0.1, 0.15) is 4.90 Å². The van der Waals surface area contributed by atoms with Crippen LogP contribution in [0.25, 0.3) is 11.0 Å². The largest absolute Gasteiger partial charge is 0.323 e. The minimum Gasteiger partial charge on any atom is -0.306 e. The van der Waals surface area contributed by atoms with Crippen LogP contribution in [0.1, 0.15) is 0 Å². The van der Waals surface area contributed by atoms with E-state index in [9.17, 15) is 13.2 Å². The number of H-pyrrole nitrogens is 2. The summed E-state index contributed by atoms with van der Waals surface area (Å²) < 4.78 is 27.2. The molecule has 0 saturated heterocycles. The third-order valence-corrected chi connectivity index (χ3v) is 4.73. The molecule has 8 heteroatoms. The molecule has 0 fully saturated rings. The lowest BCUT2D eigenvalue weighted by molar-refractivity contribution is 0.601. The highest BCUT2D eigenvalue weighted by Gasteiger charge is 2.19. The Kier molecular flexibility index (Phi) is 3.23. The zero-order valence-electron chi connectivity index (χ0n) is 10.6. The van der Waals surface area contributed by atoms with Gasteiger partial charge < -0.3 is 9.97 Å². The first-order valence-corrected chi connectivity index (χ1v) is 7.81. The van der Waals surface area contributed by atoms with Gasteiger partial charge in [0.05, 0.1) is 16.1 Å². The second-order valence-corrected chi connectivity index (χ2v) is 6.44. The van der Waals surface area contributed by atoms with Crippen molar-refractivity contribution in [2.45, 2.75) is 4.90 Å². The van der Waals surface area contributed by atoms with Gasteiger partial charge in [-0.25, -0.2) is 13.2 Å². The molecule has 0 spiro atoms. The summed E-state index contributed by atoms with van der Waals surface area (Å²) >= 11 is 6.01. The summed E-state index contributed by atoms with van der Waals surface area (Å²) in [5.74, 6) is 0. The maximum atomic E-state index is 12.4. The zero-order valence-corrected chi connectivity index (χ0v) is 12.1. The molecule has 21 heavy (non-hydrogen) atoms. The number of imidazole rings is 1. The monoisotopic (exact) mass is 323 g/mol. The minimum atomic E-state index is -3.84. The maximum absolute atomic E-state index is 12.4. The van der Waals surface area contributed by atoms with E-state index in [4.69, 9.17) is 11.6 Å². The molecule has 0 atom stereocenters. The Bertz CT molecular complexity index is 961. The smallest absolute Gasteiger partial charge is 0.306 e. The van der Waals surface area contributed by atoms with Gasteiger partial charge in [-0.1, -0.05) is 29.8 Å². The van der Waals surface area contributed by atoms with Crippen molar-refractivity contribution < 1.29 is 8.42 Å². The average molecular weight is 324 g/mol. The fraction of sp³-hybridized carbons (Fsp3) is 0. The van der Waals surface area contributed by atoms with Crippen molar-refractivity contribution >= 4 is 38.3 Å². The Balaban J connectivity index is 2.10. The summed E-state index contributed by atoms with van der Waals surface area (Å²) in [7, 11) is -3.84. The lowest BCUT2D eigenvalue weighted by Crippen LogP contribution is -2.13. The predicted octanol–water partition coefficient (Wildman–Crippen LogP) is 2.31. The van der Waals surface area contributed by atoms with Crippen LogP contribution in [0.5, 0.6) is 0 Å². The van der Waals surface area contributed by atoms with Crippen LogP contribution in [0, 0.1) is 0 Å². The third-order valence-electron chi connectivity index (χ3n) is 2.88. The number of fused-ring (bicyclic) bond motifs is 1. The van der Waals surface area contributed by atoms with Crippen LogP contribution in [0.2, 0.25) is 5.02 Å². The number of halogens is 1. The van der Waals surface area contributed by atoms with Gasteiger partial charge in [0.15, 0.2) is 0 Å². The molecule has 0 aliphatic rings. The van der Waals surface area contributed by atoms with Crippen molar-refractivity contribution in [3.05, 3.63) is 58.0 Å². The van der Waals surface area contributed by atoms with Crippen LogP contribution < -0.4 is 10.4 Å². The Morgan fingerprint density at radius 1 is 1.00 bits per heavy atom. The van der Waals surface area contributed by atoms with Gasteiger partial charge in [0.25, 0.3) is 10.0 Å². The number of anilines is 1. The number of sulfonamides is 1. The summed E-state index contributed by atoms with van der Waals surface area (Å²) in [6.07, 6.45) is 0. The van der Waals surface area contributed by atoms with Crippen molar-refractivity contribution in [1.29, 1.82) is 0 Å². The molecule has 0 amide bonds. The SMILES string of the molecule is O=c1[nH]c2cc(Cl)c(S(=O)(=O)Nc3ccccc3)cc2[nH]1. The van der Waals surface area contributed by atoms with E-state index in [2.05, 4.69) is 14.7 Å². The molecule has 0 aliphatic heterocycles. The number of aromatic amines is 2. The van der Waals surface area contributed by atoms with E-state index in [-0.39, 0.29) is 9.92 Å². The van der Waals surface area contributed by atoms with E-state index >= 15 is 0 Å². The highest BCUT2D eigenvalue weighted by Crippen LogP contribution is 2.27. The fourth-order valence-corrected chi connectivity index (χ4v) is 3.57. The number of hydrogen-bond acceptors (Lipinski definition) is 3. The molecule has 1 aromatic heterocycles. The number of aromatic nitrogens is 2. The second-order valence-electron chi connectivity index (χ2n) is 4.38. The highest BCUT2D eigenvalue weighted by atomic mass is 35.5.